The van der Waals surface area contributed by atoms with Crippen molar-refractivity contribution in [3.05, 3.63) is 17.5 Å². The van der Waals surface area contributed by atoms with E-state index in [-0.39, 0.29) is 5.91 Å². The molecule has 0 atom stereocenters. The summed E-state index contributed by atoms with van der Waals surface area (Å²) >= 11 is 0. The fraction of sp³-hybridized carbons (Fsp3) is 0.714. The number of carbonyl (C=O) groups is 1. The van der Waals surface area contributed by atoms with Gasteiger partial charge < -0.3 is 14.6 Å². The molecular formula is C14H24N4O3. The zero-order valence-electron chi connectivity index (χ0n) is 12.8. The number of ether oxygens (including phenoxy) is 1. The zero-order chi connectivity index (χ0) is 15.1. The fourth-order valence-electron chi connectivity index (χ4n) is 2.37. The summed E-state index contributed by atoms with van der Waals surface area (Å²) in [6.07, 6.45) is 0. The van der Waals surface area contributed by atoms with Gasteiger partial charge in [0.25, 0.3) is 0 Å². The van der Waals surface area contributed by atoms with Crippen LogP contribution in [0.5, 0.6) is 0 Å². The standard InChI is InChI=1S/C14H24N4O3/c1-12-9-13(21-16-12)10-17-4-6-18(7-5-17)11-14(19)15-3-8-20-2/h9H,3-8,10-11H2,1-2H3,(H,15,19). The molecule has 21 heavy (non-hydrogen) atoms. The maximum absolute atomic E-state index is 11.7. The minimum absolute atomic E-state index is 0.0614. The summed E-state index contributed by atoms with van der Waals surface area (Å²) in [6.45, 7) is 7.95. The number of hydrogen-bond acceptors (Lipinski definition) is 6. The third kappa shape index (κ3) is 5.45. The van der Waals surface area contributed by atoms with E-state index in [1.54, 1.807) is 7.11 Å². The van der Waals surface area contributed by atoms with Crippen LogP contribution in [0.25, 0.3) is 0 Å². The highest BCUT2D eigenvalue weighted by atomic mass is 16.5. The van der Waals surface area contributed by atoms with E-state index in [1.165, 1.54) is 0 Å². The van der Waals surface area contributed by atoms with E-state index in [4.69, 9.17) is 9.26 Å². The first kappa shape index (κ1) is 15.9. The quantitative estimate of drug-likeness (QED) is 0.707. The first-order chi connectivity index (χ1) is 10.2. The first-order valence-corrected chi connectivity index (χ1v) is 7.30. The molecule has 0 aliphatic carbocycles. The predicted octanol–water partition coefficient (Wildman–Crippen LogP) is -0.137. The van der Waals surface area contributed by atoms with Crippen molar-refractivity contribution in [2.24, 2.45) is 0 Å². The van der Waals surface area contributed by atoms with E-state index < -0.39 is 0 Å². The molecule has 118 valence electrons. The lowest BCUT2D eigenvalue weighted by molar-refractivity contribution is -0.122. The minimum atomic E-state index is 0.0614. The lowest BCUT2D eigenvalue weighted by Gasteiger charge is -2.33. The van der Waals surface area contributed by atoms with Crippen LogP contribution in [0.15, 0.2) is 10.6 Å². The first-order valence-electron chi connectivity index (χ1n) is 7.30. The van der Waals surface area contributed by atoms with Crippen molar-refractivity contribution in [3.8, 4) is 0 Å². The van der Waals surface area contributed by atoms with Crippen LogP contribution < -0.4 is 5.32 Å². The molecule has 7 nitrogen and oxygen atoms in total. The maximum atomic E-state index is 11.7. The van der Waals surface area contributed by atoms with Gasteiger partial charge >= 0.3 is 0 Å². The molecule has 1 saturated heterocycles. The van der Waals surface area contributed by atoms with E-state index in [9.17, 15) is 4.79 Å². The molecule has 1 aliphatic heterocycles. The van der Waals surface area contributed by atoms with Gasteiger partial charge in [-0.1, -0.05) is 5.16 Å². The van der Waals surface area contributed by atoms with Crippen molar-refractivity contribution in [1.29, 1.82) is 0 Å². The van der Waals surface area contributed by atoms with Crippen LogP contribution in [-0.2, 0) is 16.1 Å². The number of rotatable bonds is 7. The highest BCUT2D eigenvalue weighted by molar-refractivity contribution is 5.77. The molecule has 1 aromatic heterocycles. The van der Waals surface area contributed by atoms with Gasteiger partial charge in [-0.25, -0.2) is 0 Å². The molecule has 0 unspecified atom stereocenters. The van der Waals surface area contributed by atoms with Crippen LogP contribution in [0, 0.1) is 6.92 Å². The molecule has 1 fully saturated rings. The van der Waals surface area contributed by atoms with Gasteiger partial charge in [0.15, 0.2) is 5.76 Å². The number of piperazine rings is 1. The van der Waals surface area contributed by atoms with Crippen LogP contribution in [0.2, 0.25) is 0 Å². The zero-order valence-corrected chi connectivity index (χ0v) is 12.8. The Labute approximate surface area is 125 Å². The topological polar surface area (TPSA) is 70.8 Å². The van der Waals surface area contributed by atoms with Gasteiger partial charge in [-0.05, 0) is 6.92 Å². The molecule has 0 aromatic carbocycles. The number of aryl methyl sites for hydroxylation is 1. The lowest BCUT2D eigenvalue weighted by atomic mass is 10.3. The van der Waals surface area contributed by atoms with Crippen molar-refractivity contribution in [2.75, 3.05) is 53.0 Å². The Kier molecular flexibility index (Phi) is 6.16. The van der Waals surface area contributed by atoms with Crippen molar-refractivity contribution in [3.63, 3.8) is 0 Å². The van der Waals surface area contributed by atoms with Gasteiger partial charge in [0.1, 0.15) is 0 Å². The number of methoxy groups -OCH3 is 1. The van der Waals surface area contributed by atoms with E-state index in [1.807, 2.05) is 13.0 Å². The van der Waals surface area contributed by atoms with Gasteiger partial charge in [0, 0.05) is 45.9 Å². The van der Waals surface area contributed by atoms with Crippen molar-refractivity contribution >= 4 is 5.91 Å². The maximum Gasteiger partial charge on any atom is 0.234 e. The average Bonchev–Trinajstić information content (AvgIpc) is 2.87. The molecule has 1 aromatic rings. The Hall–Kier alpha value is -1.44. The van der Waals surface area contributed by atoms with E-state index in [2.05, 4.69) is 20.3 Å². The third-order valence-electron chi connectivity index (χ3n) is 3.52. The van der Waals surface area contributed by atoms with Crippen LogP contribution in [0.4, 0.5) is 0 Å². The van der Waals surface area contributed by atoms with Crippen LogP contribution in [0.3, 0.4) is 0 Å². The van der Waals surface area contributed by atoms with Gasteiger partial charge in [0.05, 0.1) is 25.4 Å². The highest BCUT2D eigenvalue weighted by Crippen LogP contribution is 2.09. The second kappa shape index (κ2) is 8.11. The molecule has 0 saturated carbocycles. The molecule has 1 aliphatic rings. The molecule has 7 heteroatoms. The summed E-state index contributed by atoms with van der Waals surface area (Å²) in [4.78, 5) is 16.2. The predicted molar refractivity (Wildman–Crippen MR) is 77.8 cm³/mol. The monoisotopic (exact) mass is 296 g/mol. The molecule has 0 spiro atoms. The summed E-state index contributed by atoms with van der Waals surface area (Å²) in [5.74, 6) is 0.963. The normalized spacial score (nSPS) is 17.0. The highest BCUT2D eigenvalue weighted by Gasteiger charge is 2.19. The van der Waals surface area contributed by atoms with E-state index in [0.717, 1.165) is 44.2 Å². The van der Waals surface area contributed by atoms with E-state index in [0.29, 0.717) is 19.7 Å². The second-order valence-electron chi connectivity index (χ2n) is 5.33. The summed E-state index contributed by atoms with van der Waals surface area (Å²) in [5, 5.41) is 6.74. The summed E-state index contributed by atoms with van der Waals surface area (Å²) in [5.41, 5.74) is 0.913. The molecule has 1 amide bonds. The second-order valence-corrected chi connectivity index (χ2v) is 5.33. The largest absolute Gasteiger partial charge is 0.383 e. The third-order valence-corrected chi connectivity index (χ3v) is 3.52. The number of nitrogens with one attached hydrogen (secondary N) is 1. The number of nitrogens with zero attached hydrogens (tertiary/aromatic N) is 3. The molecule has 2 heterocycles. The molecule has 1 N–H and O–H groups in total. The molecular weight excluding hydrogens is 272 g/mol. The smallest absolute Gasteiger partial charge is 0.234 e. The van der Waals surface area contributed by atoms with Crippen LogP contribution in [-0.4, -0.2) is 73.8 Å². The van der Waals surface area contributed by atoms with Crippen LogP contribution >= 0.6 is 0 Å². The van der Waals surface area contributed by atoms with Gasteiger partial charge in [-0.2, -0.15) is 0 Å². The Morgan fingerprint density at radius 3 is 2.71 bits per heavy atom. The number of aromatic nitrogens is 1. The van der Waals surface area contributed by atoms with E-state index >= 15 is 0 Å². The fourth-order valence-corrected chi connectivity index (χ4v) is 2.37. The molecule has 0 bridgehead atoms. The summed E-state index contributed by atoms with van der Waals surface area (Å²) < 4.78 is 10.1. The van der Waals surface area contributed by atoms with Crippen molar-refractivity contribution < 1.29 is 14.1 Å². The van der Waals surface area contributed by atoms with Crippen molar-refractivity contribution in [2.45, 2.75) is 13.5 Å². The average molecular weight is 296 g/mol. The number of carbonyl (C=O) groups excluding carboxylic acids is 1. The van der Waals surface area contributed by atoms with Gasteiger partial charge in [-0.3, -0.25) is 14.6 Å². The SMILES string of the molecule is COCCNC(=O)CN1CCN(Cc2cc(C)no2)CC1. The summed E-state index contributed by atoms with van der Waals surface area (Å²) in [6, 6.07) is 1.97. The van der Waals surface area contributed by atoms with Crippen molar-refractivity contribution in [1.82, 2.24) is 20.3 Å². The molecule has 0 radical (unpaired) electrons. The Morgan fingerprint density at radius 1 is 1.38 bits per heavy atom. The van der Waals surface area contributed by atoms with Gasteiger partial charge in [-0.15, -0.1) is 0 Å². The number of amides is 1. The Morgan fingerprint density at radius 2 is 2.10 bits per heavy atom. The number of hydrogen-bond donors (Lipinski definition) is 1. The Balaban J connectivity index is 1.65. The lowest BCUT2D eigenvalue weighted by Crippen LogP contribution is -2.49. The minimum Gasteiger partial charge on any atom is -0.383 e. The van der Waals surface area contributed by atoms with Crippen LogP contribution in [0.1, 0.15) is 11.5 Å². The Bertz CT molecular complexity index is 441. The molecule has 2 rings (SSSR count). The summed E-state index contributed by atoms with van der Waals surface area (Å²) in [7, 11) is 1.63. The van der Waals surface area contributed by atoms with Gasteiger partial charge in [0.2, 0.25) is 5.91 Å².